The van der Waals surface area contributed by atoms with Crippen molar-refractivity contribution in [2.75, 3.05) is 10.3 Å². The molecule has 0 radical (unpaired) electrons. The number of carbonyl (C=O) groups excluding carboxylic acids is 1. The molecule has 0 fully saturated rings. The molecule has 0 unspecified atom stereocenters. The highest BCUT2D eigenvalue weighted by molar-refractivity contribution is 8.10. The largest absolute Gasteiger partial charge is 0.352 e. The summed E-state index contributed by atoms with van der Waals surface area (Å²) < 4.78 is 57.2. The van der Waals surface area contributed by atoms with E-state index >= 15 is 0 Å². The second-order valence-electron chi connectivity index (χ2n) is 9.70. The Hall–Kier alpha value is -4.41. The minimum absolute atomic E-state index is 0.0960. The van der Waals surface area contributed by atoms with Crippen molar-refractivity contribution < 1.29 is 21.6 Å². The molecule has 0 aliphatic carbocycles. The summed E-state index contributed by atoms with van der Waals surface area (Å²) in [6.45, 7) is 3.78. The first kappa shape index (κ1) is 28.1. The minimum Gasteiger partial charge on any atom is -0.352 e. The van der Waals surface area contributed by atoms with E-state index in [9.17, 15) is 21.6 Å². The molecule has 2 N–H and O–H groups in total. The number of benzene rings is 4. The van der Waals surface area contributed by atoms with E-state index in [1.54, 1.807) is 72.8 Å². The first-order chi connectivity index (χ1) is 19.6. The minimum atomic E-state index is -4.61. The highest BCUT2D eigenvalue weighted by atomic mass is 32.3. The van der Waals surface area contributed by atoms with Gasteiger partial charge in [-0.05, 0) is 62.7 Å². The Morgan fingerprint density at radius 1 is 0.707 bits per heavy atom. The van der Waals surface area contributed by atoms with Gasteiger partial charge in [-0.25, -0.2) is 0 Å². The van der Waals surface area contributed by atoms with Crippen molar-refractivity contribution in [3.8, 4) is 0 Å². The lowest BCUT2D eigenvalue weighted by Gasteiger charge is -2.24. The SMILES string of the molecule is Cc1ccc(S(=O)(=O)N(c2[nH]c3ccccc3c2CCNC(=O)c2ccccc2)S(=O)(=O)c2ccc(C)cc2)cc1. The van der Waals surface area contributed by atoms with Crippen LogP contribution in [0.1, 0.15) is 27.0 Å². The molecule has 210 valence electrons. The summed E-state index contributed by atoms with van der Waals surface area (Å²) in [4.78, 5) is 15.4. The fourth-order valence-corrected chi connectivity index (χ4v) is 8.25. The molecule has 0 spiro atoms. The van der Waals surface area contributed by atoms with E-state index < -0.39 is 20.0 Å². The van der Waals surface area contributed by atoms with E-state index in [0.717, 1.165) is 11.1 Å². The lowest BCUT2D eigenvalue weighted by Crippen LogP contribution is -2.38. The second kappa shape index (κ2) is 11.2. The smallest absolute Gasteiger partial charge is 0.278 e. The van der Waals surface area contributed by atoms with Crippen molar-refractivity contribution in [3.05, 3.63) is 125 Å². The van der Waals surface area contributed by atoms with Gasteiger partial charge in [0.15, 0.2) is 0 Å². The van der Waals surface area contributed by atoms with Crippen LogP contribution in [0, 0.1) is 13.8 Å². The van der Waals surface area contributed by atoms with Crippen LogP contribution in [0.5, 0.6) is 0 Å². The van der Waals surface area contributed by atoms with Crippen LogP contribution < -0.4 is 9.03 Å². The number of aryl methyl sites for hydroxylation is 2. The average molecular weight is 588 g/mol. The maximum absolute atomic E-state index is 14.2. The summed E-state index contributed by atoms with van der Waals surface area (Å²) in [7, 11) is -9.23. The molecule has 0 aliphatic rings. The van der Waals surface area contributed by atoms with Crippen LogP contribution in [0.4, 0.5) is 5.82 Å². The lowest BCUT2D eigenvalue weighted by molar-refractivity contribution is 0.0954. The molecule has 10 heteroatoms. The van der Waals surface area contributed by atoms with Gasteiger partial charge in [0.2, 0.25) is 0 Å². The van der Waals surface area contributed by atoms with Gasteiger partial charge in [0, 0.05) is 28.6 Å². The van der Waals surface area contributed by atoms with E-state index in [1.165, 1.54) is 24.3 Å². The van der Waals surface area contributed by atoms with Crippen LogP contribution in [0.25, 0.3) is 10.9 Å². The normalized spacial score (nSPS) is 11.9. The van der Waals surface area contributed by atoms with Gasteiger partial charge in [0.25, 0.3) is 26.0 Å². The van der Waals surface area contributed by atoms with Gasteiger partial charge in [0.05, 0.1) is 9.79 Å². The molecular formula is C31H29N3O5S2. The van der Waals surface area contributed by atoms with Gasteiger partial charge >= 0.3 is 0 Å². The summed E-state index contributed by atoms with van der Waals surface area (Å²) >= 11 is 0. The molecule has 1 amide bonds. The monoisotopic (exact) mass is 587 g/mol. The third-order valence-corrected chi connectivity index (χ3v) is 10.9. The van der Waals surface area contributed by atoms with E-state index in [4.69, 9.17) is 0 Å². The average Bonchev–Trinajstić information content (AvgIpc) is 3.31. The van der Waals surface area contributed by atoms with Gasteiger partial charge < -0.3 is 10.3 Å². The van der Waals surface area contributed by atoms with Crippen molar-refractivity contribution in [3.63, 3.8) is 0 Å². The molecule has 0 bridgehead atoms. The number of hydrogen-bond donors (Lipinski definition) is 2. The number of hydrogen-bond acceptors (Lipinski definition) is 5. The van der Waals surface area contributed by atoms with Crippen molar-refractivity contribution in [1.29, 1.82) is 0 Å². The molecule has 0 saturated heterocycles. The van der Waals surface area contributed by atoms with Gasteiger partial charge in [0.1, 0.15) is 5.82 Å². The number of anilines is 1. The Bertz CT molecular complexity index is 1840. The summed E-state index contributed by atoms with van der Waals surface area (Å²) in [5, 5.41) is 3.50. The number of H-pyrrole nitrogens is 1. The number of nitrogens with one attached hydrogen (secondary N) is 2. The van der Waals surface area contributed by atoms with E-state index in [0.29, 0.717) is 25.7 Å². The highest BCUT2D eigenvalue weighted by Gasteiger charge is 2.39. The standard InChI is InChI=1S/C31H29N3O5S2/c1-22-12-16-25(17-13-22)40(36,37)34(41(38,39)26-18-14-23(2)15-19-26)30-28(27-10-6-7-11-29(27)33-30)20-21-32-31(35)24-8-4-3-5-9-24/h3-19,33H,20-21H2,1-2H3,(H,32,35). The Kier molecular flexibility index (Phi) is 7.70. The third-order valence-electron chi connectivity index (χ3n) is 6.74. The summed E-state index contributed by atoms with van der Waals surface area (Å²) in [6, 6.07) is 27.9. The fourth-order valence-electron chi connectivity index (χ4n) is 4.57. The van der Waals surface area contributed by atoms with Crippen LogP contribution >= 0.6 is 0 Å². The predicted molar refractivity (Wildman–Crippen MR) is 160 cm³/mol. The summed E-state index contributed by atoms with van der Waals surface area (Å²) in [5.41, 5.74) is 3.15. The van der Waals surface area contributed by atoms with Gasteiger partial charge in [-0.15, -0.1) is 3.71 Å². The number of nitrogens with zero attached hydrogens (tertiary/aromatic N) is 1. The maximum atomic E-state index is 14.2. The molecule has 5 aromatic rings. The molecule has 0 aliphatic heterocycles. The number of fused-ring (bicyclic) bond motifs is 1. The molecule has 4 aromatic carbocycles. The van der Waals surface area contributed by atoms with Crippen LogP contribution in [-0.4, -0.2) is 34.3 Å². The zero-order valence-electron chi connectivity index (χ0n) is 22.5. The number of carbonyl (C=O) groups is 1. The molecule has 0 atom stereocenters. The Morgan fingerprint density at radius 3 is 1.78 bits per heavy atom. The number of sulfonamides is 2. The van der Waals surface area contributed by atoms with Gasteiger partial charge in [-0.3, -0.25) is 4.79 Å². The zero-order chi connectivity index (χ0) is 29.2. The van der Waals surface area contributed by atoms with Gasteiger partial charge in [-0.1, -0.05) is 71.8 Å². The second-order valence-corrected chi connectivity index (χ2v) is 13.5. The number of para-hydroxylation sites is 1. The van der Waals surface area contributed by atoms with E-state index in [-0.39, 0.29) is 34.5 Å². The highest BCUT2D eigenvalue weighted by Crippen LogP contribution is 2.37. The molecule has 0 saturated carbocycles. The maximum Gasteiger partial charge on any atom is 0.278 e. The summed E-state index contributed by atoms with van der Waals surface area (Å²) in [6.07, 6.45) is 0.168. The van der Waals surface area contributed by atoms with E-state index in [1.807, 2.05) is 19.9 Å². The molecule has 41 heavy (non-hydrogen) atoms. The molecular weight excluding hydrogens is 558 g/mol. The van der Waals surface area contributed by atoms with Crippen LogP contribution in [0.15, 0.2) is 113 Å². The van der Waals surface area contributed by atoms with Crippen molar-refractivity contribution in [2.24, 2.45) is 0 Å². The van der Waals surface area contributed by atoms with Crippen molar-refractivity contribution in [1.82, 2.24) is 10.3 Å². The number of amides is 1. The van der Waals surface area contributed by atoms with Crippen molar-refractivity contribution >= 4 is 42.7 Å². The fraction of sp³-hybridized carbons (Fsp3) is 0.129. The zero-order valence-corrected chi connectivity index (χ0v) is 24.2. The molecule has 1 heterocycles. The number of aromatic nitrogens is 1. The molecule has 8 nitrogen and oxygen atoms in total. The van der Waals surface area contributed by atoms with Crippen LogP contribution in [0.2, 0.25) is 0 Å². The third kappa shape index (κ3) is 5.61. The van der Waals surface area contributed by atoms with Gasteiger partial charge in [-0.2, -0.15) is 16.8 Å². The summed E-state index contributed by atoms with van der Waals surface area (Å²) in [5.74, 6) is -0.385. The first-order valence-electron chi connectivity index (χ1n) is 13.0. The van der Waals surface area contributed by atoms with Crippen molar-refractivity contribution in [2.45, 2.75) is 30.1 Å². The van der Waals surface area contributed by atoms with E-state index in [2.05, 4.69) is 10.3 Å². The Morgan fingerprint density at radius 2 is 1.22 bits per heavy atom. The topological polar surface area (TPSA) is 116 Å². The quantitative estimate of drug-likeness (QED) is 0.241. The molecule has 5 rings (SSSR count). The van der Waals surface area contributed by atoms with Crippen LogP contribution in [0.3, 0.4) is 0 Å². The Labute approximate surface area is 239 Å². The predicted octanol–water partition coefficient (Wildman–Crippen LogP) is 5.34. The lowest BCUT2D eigenvalue weighted by atomic mass is 10.1. The Balaban J connectivity index is 1.64. The molecule has 1 aromatic heterocycles. The van der Waals surface area contributed by atoms with Crippen LogP contribution in [-0.2, 0) is 26.5 Å². The first-order valence-corrected chi connectivity index (χ1v) is 15.8. The number of rotatable bonds is 9. The number of aromatic amines is 1.